The van der Waals surface area contributed by atoms with Crippen LogP contribution in [0.25, 0.3) is 0 Å². The molecule has 0 spiro atoms. The molecule has 150 valence electrons. The summed E-state index contributed by atoms with van der Waals surface area (Å²) in [6.07, 6.45) is 1.65. The Labute approximate surface area is 166 Å². The fraction of sp³-hybridized carbons (Fsp3) is 0.435. The average Bonchev–Trinajstić information content (AvgIpc) is 2.71. The van der Waals surface area contributed by atoms with Gasteiger partial charge < -0.3 is 14.9 Å². The summed E-state index contributed by atoms with van der Waals surface area (Å²) in [4.78, 5) is 14.4. The first-order chi connectivity index (χ1) is 13.5. The number of methoxy groups -OCH3 is 1. The number of aryl methyl sites for hydroxylation is 1. The third kappa shape index (κ3) is 4.54. The molecule has 1 saturated heterocycles. The van der Waals surface area contributed by atoms with E-state index in [-0.39, 0.29) is 0 Å². The molecule has 2 aromatic carbocycles. The Balaban J connectivity index is 1.70. The van der Waals surface area contributed by atoms with Crippen LogP contribution in [0.4, 0.5) is 0 Å². The van der Waals surface area contributed by atoms with Gasteiger partial charge in [0.15, 0.2) is 0 Å². The van der Waals surface area contributed by atoms with Crippen molar-refractivity contribution in [2.75, 3.05) is 20.2 Å². The van der Waals surface area contributed by atoms with Crippen molar-refractivity contribution in [2.45, 2.75) is 38.3 Å². The molecule has 0 saturated carbocycles. The van der Waals surface area contributed by atoms with Gasteiger partial charge in [0.1, 0.15) is 11.2 Å². The van der Waals surface area contributed by atoms with Crippen molar-refractivity contribution in [3.63, 3.8) is 0 Å². The van der Waals surface area contributed by atoms with E-state index in [4.69, 9.17) is 4.74 Å². The molecule has 1 heterocycles. The highest BCUT2D eigenvalue weighted by molar-refractivity contribution is 5.76. The normalized spacial score (nSPS) is 22.7. The van der Waals surface area contributed by atoms with Gasteiger partial charge in [0.25, 0.3) is 0 Å². The minimum absolute atomic E-state index is 0.344. The number of likely N-dealkylation sites (tertiary alicyclic amines) is 1. The number of carboxylic acids is 1. The Morgan fingerprint density at radius 2 is 1.89 bits per heavy atom. The van der Waals surface area contributed by atoms with Crippen molar-refractivity contribution >= 4 is 5.97 Å². The molecule has 0 radical (unpaired) electrons. The Hall–Kier alpha value is -2.37. The van der Waals surface area contributed by atoms with E-state index >= 15 is 0 Å². The van der Waals surface area contributed by atoms with Crippen molar-refractivity contribution < 1.29 is 19.7 Å². The van der Waals surface area contributed by atoms with Crippen molar-refractivity contribution in [3.05, 3.63) is 65.7 Å². The number of carbonyl (C=O) groups is 1. The topological polar surface area (TPSA) is 70.0 Å². The first-order valence-electron chi connectivity index (χ1n) is 9.85. The molecule has 1 aliphatic rings. The summed E-state index contributed by atoms with van der Waals surface area (Å²) in [5, 5.41) is 20.7. The van der Waals surface area contributed by atoms with Crippen LogP contribution in [0.15, 0.2) is 54.6 Å². The molecule has 0 bridgehead atoms. The van der Waals surface area contributed by atoms with Crippen molar-refractivity contribution in [3.8, 4) is 5.75 Å². The number of nitrogens with zero attached hydrogens (tertiary/aromatic N) is 1. The van der Waals surface area contributed by atoms with E-state index in [0.717, 1.165) is 24.2 Å². The van der Waals surface area contributed by atoms with Gasteiger partial charge in [0.05, 0.1) is 13.2 Å². The fourth-order valence-electron chi connectivity index (χ4n) is 4.19. The van der Waals surface area contributed by atoms with Crippen LogP contribution in [-0.2, 0) is 17.8 Å². The molecule has 2 atom stereocenters. The SMILES string of the molecule is COc1ccccc1CN1CC[C@@H](O)[C@](CCCc2ccccc2)(C(=O)O)C1. The van der Waals surface area contributed by atoms with Gasteiger partial charge in [-0.1, -0.05) is 48.5 Å². The van der Waals surface area contributed by atoms with Gasteiger partial charge >= 0.3 is 5.97 Å². The monoisotopic (exact) mass is 383 g/mol. The number of para-hydroxylation sites is 1. The standard InChI is InChI=1S/C23H29NO4/c1-28-20-12-6-5-11-19(20)16-24-15-13-21(25)23(17-24,22(26)27)14-7-10-18-8-3-2-4-9-18/h2-6,8-9,11-12,21,25H,7,10,13-17H2,1H3,(H,26,27)/t21-,23-/m1/s1. The van der Waals surface area contributed by atoms with E-state index < -0.39 is 17.5 Å². The lowest BCUT2D eigenvalue weighted by Crippen LogP contribution is -2.55. The Morgan fingerprint density at radius 3 is 2.61 bits per heavy atom. The second-order valence-corrected chi connectivity index (χ2v) is 7.63. The Bertz CT molecular complexity index is 779. The molecular formula is C23H29NO4. The largest absolute Gasteiger partial charge is 0.496 e. The lowest BCUT2D eigenvalue weighted by Gasteiger charge is -2.43. The summed E-state index contributed by atoms with van der Waals surface area (Å²) in [7, 11) is 1.64. The van der Waals surface area contributed by atoms with Crippen LogP contribution < -0.4 is 4.74 Å². The van der Waals surface area contributed by atoms with E-state index in [9.17, 15) is 15.0 Å². The highest BCUT2D eigenvalue weighted by atomic mass is 16.5. The first-order valence-corrected chi connectivity index (χ1v) is 9.85. The number of carboxylic acid groups (broad SMARTS) is 1. The summed E-state index contributed by atoms with van der Waals surface area (Å²) >= 11 is 0. The fourth-order valence-corrected chi connectivity index (χ4v) is 4.19. The predicted molar refractivity (Wildman–Crippen MR) is 108 cm³/mol. The number of hydrogen-bond acceptors (Lipinski definition) is 4. The maximum Gasteiger partial charge on any atom is 0.313 e. The molecule has 1 aliphatic heterocycles. The number of aliphatic hydroxyl groups is 1. The smallest absolute Gasteiger partial charge is 0.313 e. The molecule has 2 N–H and O–H groups in total. The predicted octanol–water partition coefficient (Wildman–Crippen LogP) is 3.36. The summed E-state index contributed by atoms with van der Waals surface area (Å²) in [5.74, 6) is -0.101. The lowest BCUT2D eigenvalue weighted by atomic mass is 9.73. The molecule has 2 aromatic rings. The summed E-state index contributed by atoms with van der Waals surface area (Å²) in [5.41, 5.74) is 1.10. The summed E-state index contributed by atoms with van der Waals surface area (Å²) < 4.78 is 5.43. The number of aliphatic hydroxyl groups excluding tert-OH is 1. The van der Waals surface area contributed by atoms with Crippen molar-refractivity contribution in [1.82, 2.24) is 4.90 Å². The van der Waals surface area contributed by atoms with Crippen LogP contribution in [0.2, 0.25) is 0 Å². The minimum atomic E-state index is -1.13. The highest BCUT2D eigenvalue weighted by Gasteiger charge is 2.48. The van der Waals surface area contributed by atoms with Crippen LogP contribution in [0.1, 0.15) is 30.4 Å². The van der Waals surface area contributed by atoms with Gasteiger partial charge in [0.2, 0.25) is 0 Å². The van der Waals surface area contributed by atoms with Crippen molar-refractivity contribution in [1.29, 1.82) is 0 Å². The van der Waals surface area contributed by atoms with E-state index in [1.807, 2.05) is 42.5 Å². The third-order valence-corrected chi connectivity index (χ3v) is 5.81. The van der Waals surface area contributed by atoms with Crippen LogP contribution >= 0.6 is 0 Å². The quantitative estimate of drug-likeness (QED) is 0.732. The molecule has 3 rings (SSSR count). The van der Waals surface area contributed by atoms with Gasteiger partial charge in [-0.2, -0.15) is 0 Å². The number of aliphatic carboxylic acids is 1. The number of rotatable bonds is 8. The number of piperidine rings is 1. The first kappa shape index (κ1) is 20.4. The maximum absolute atomic E-state index is 12.2. The van der Waals surface area contributed by atoms with Crippen LogP contribution in [0, 0.1) is 5.41 Å². The van der Waals surface area contributed by atoms with Crippen molar-refractivity contribution in [2.24, 2.45) is 5.41 Å². The zero-order chi connectivity index (χ0) is 20.0. The molecule has 0 aliphatic carbocycles. The molecule has 5 heteroatoms. The molecule has 0 amide bonds. The second-order valence-electron chi connectivity index (χ2n) is 7.63. The Kier molecular flexibility index (Phi) is 6.70. The third-order valence-electron chi connectivity index (χ3n) is 5.81. The summed E-state index contributed by atoms with van der Waals surface area (Å²) in [6, 6.07) is 17.9. The maximum atomic E-state index is 12.2. The average molecular weight is 383 g/mol. The number of benzene rings is 2. The number of hydrogen-bond donors (Lipinski definition) is 2. The molecule has 0 aromatic heterocycles. The van der Waals surface area contributed by atoms with Gasteiger partial charge in [-0.05, 0) is 37.3 Å². The van der Waals surface area contributed by atoms with Gasteiger partial charge in [-0.3, -0.25) is 9.69 Å². The number of ether oxygens (including phenoxy) is 1. The zero-order valence-electron chi connectivity index (χ0n) is 16.4. The molecular weight excluding hydrogens is 354 g/mol. The van der Waals surface area contributed by atoms with Crippen LogP contribution in [0.5, 0.6) is 5.75 Å². The van der Waals surface area contributed by atoms with Crippen LogP contribution in [0.3, 0.4) is 0 Å². The van der Waals surface area contributed by atoms with Gasteiger partial charge in [0, 0.05) is 25.2 Å². The summed E-state index contributed by atoms with van der Waals surface area (Å²) in [6.45, 7) is 1.63. The van der Waals surface area contributed by atoms with E-state index in [1.165, 1.54) is 5.56 Å². The lowest BCUT2D eigenvalue weighted by molar-refractivity contribution is -0.164. The highest BCUT2D eigenvalue weighted by Crippen LogP contribution is 2.37. The molecule has 5 nitrogen and oxygen atoms in total. The molecule has 28 heavy (non-hydrogen) atoms. The van der Waals surface area contributed by atoms with Gasteiger partial charge in [-0.15, -0.1) is 0 Å². The van der Waals surface area contributed by atoms with E-state index in [1.54, 1.807) is 7.11 Å². The van der Waals surface area contributed by atoms with E-state index in [0.29, 0.717) is 32.5 Å². The zero-order valence-corrected chi connectivity index (χ0v) is 16.4. The molecule has 0 unspecified atom stereocenters. The second kappa shape index (κ2) is 9.22. The molecule has 1 fully saturated rings. The Morgan fingerprint density at radius 1 is 1.18 bits per heavy atom. The van der Waals surface area contributed by atoms with E-state index in [2.05, 4.69) is 17.0 Å². The van der Waals surface area contributed by atoms with Gasteiger partial charge in [-0.25, -0.2) is 0 Å². The minimum Gasteiger partial charge on any atom is -0.496 e. The van der Waals surface area contributed by atoms with Crippen LogP contribution in [-0.4, -0.2) is 47.4 Å².